The van der Waals surface area contributed by atoms with Crippen molar-refractivity contribution in [1.29, 1.82) is 0 Å². The van der Waals surface area contributed by atoms with Crippen LogP contribution in [0.1, 0.15) is 10.4 Å². The van der Waals surface area contributed by atoms with Gasteiger partial charge >= 0.3 is 11.7 Å². The van der Waals surface area contributed by atoms with Crippen LogP contribution in [0.3, 0.4) is 0 Å². The van der Waals surface area contributed by atoms with E-state index in [1.807, 2.05) is 0 Å². The number of thiol groups is 1. The summed E-state index contributed by atoms with van der Waals surface area (Å²) in [7, 11) is 0. The molecule has 0 saturated heterocycles. The highest BCUT2D eigenvalue weighted by molar-refractivity contribution is 7.80. The van der Waals surface area contributed by atoms with Crippen LogP contribution >= 0.6 is 12.6 Å². The lowest BCUT2D eigenvalue weighted by Gasteiger charge is -2.09. The van der Waals surface area contributed by atoms with Gasteiger partial charge in [0.15, 0.2) is 11.5 Å². The van der Waals surface area contributed by atoms with Crippen molar-refractivity contribution < 1.29 is 19.4 Å². The van der Waals surface area contributed by atoms with Crippen molar-refractivity contribution in [2.24, 2.45) is 0 Å². The highest BCUT2D eigenvalue weighted by Gasteiger charge is 2.20. The molecule has 108 valence electrons. The number of aromatic nitrogens is 2. The Kier molecular flexibility index (Phi) is 2.98. The van der Waals surface area contributed by atoms with Gasteiger partial charge in [0.25, 0.3) is 5.56 Å². The first-order chi connectivity index (χ1) is 9.99. The molecule has 8 nitrogen and oxygen atoms in total. The molecular weight excluding hydrogens is 300 g/mol. The lowest BCUT2D eigenvalue weighted by molar-refractivity contribution is 0.0694. The molecule has 0 saturated carbocycles. The van der Waals surface area contributed by atoms with Gasteiger partial charge in [0.1, 0.15) is 5.56 Å². The predicted octanol–water partition coefficient (Wildman–Crippen LogP) is 0.241. The first kappa shape index (κ1) is 13.3. The van der Waals surface area contributed by atoms with E-state index in [1.54, 1.807) is 0 Å². The molecule has 0 radical (unpaired) electrons. The SMILES string of the molecule is O=C(O)c1c[nH]c(=O)n(-c2cc3c(cc2S)OCO3)c1=O. The van der Waals surface area contributed by atoms with Gasteiger partial charge in [0.2, 0.25) is 6.79 Å². The van der Waals surface area contributed by atoms with E-state index in [4.69, 9.17) is 14.6 Å². The van der Waals surface area contributed by atoms with Crippen molar-refractivity contribution in [1.82, 2.24) is 9.55 Å². The molecule has 2 N–H and O–H groups in total. The molecule has 0 spiro atoms. The molecule has 21 heavy (non-hydrogen) atoms. The normalized spacial score (nSPS) is 12.4. The minimum atomic E-state index is -1.44. The summed E-state index contributed by atoms with van der Waals surface area (Å²) in [5, 5.41) is 8.95. The van der Waals surface area contributed by atoms with Gasteiger partial charge in [0, 0.05) is 17.2 Å². The summed E-state index contributed by atoms with van der Waals surface area (Å²) in [6, 6.07) is 2.88. The Bertz CT molecular complexity index is 869. The molecule has 1 aromatic carbocycles. The maximum atomic E-state index is 12.1. The van der Waals surface area contributed by atoms with E-state index >= 15 is 0 Å². The zero-order chi connectivity index (χ0) is 15.1. The van der Waals surface area contributed by atoms with Crippen molar-refractivity contribution in [2.75, 3.05) is 6.79 Å². The number of carboxylic acids is 1. The number of hydrogen-bond donors (Lipinski definition) is 3. The Morgan fingerprint density at radius 2 is 1.95 bits per heavy atom. The van der Waals surface area contributed by atoms with Crippen LogP contribution in [0.4, 0.5) is 0 Å². The van der Waals surface area contributed by atoms with Crippen LogP contribution in [0.15, 0.2) is 32.8 Å². The second kappa shape index (κ2) is 4.70. The van der Waals surface area contributed by atoms with Crippen molar-refractivity contribution in [3.05, 3.63) is 44.7 Å². The van der Waals surface area contributed by atoms with E-state index < -0.39 is 22.8 Å². The molecule has 1 aliphatic heterocycles. The van der Waals surface area contributed by atoms with Gasteiger partial charge in [-0.2, -0.15) is 0 Å². The van der Waals surface area contributed by atoms with Crippen LogP contribution in [0.2, 0.25) is 0 Å². The third-order valence-electron chi connectivity index (χ3n) is 2.92. The zero-order valence-corrected chi connectivity index (χ0v) is 11.2. The predicted molar refractivity (Wildman–Crippen MR) is 73.0 cm³/mol. The minimum absolute atomic E-state index is 0.0203. The summed E-state index contributed by atoms with van der Waals surface area (Å²) >= 11 is 4.19. The monoisotopic (exact) mass is 308 g/mol. The van der Waals surface area contributed by atoms with E-state index in [2.05, 4.69) is 17.6 Å². The number of hydrogen-bond acceptors (Lipinski definition) is 6. The van der Waals surface area contributed by atoms with Crippen molar-refractivity contribution in [3.8, 4) is 17.2 Å². The fraction of sp³-hybridized carbons (Fsp3) is 0.0833. The Hall–Kier alpha value is -2.68. The van der Waals surface area contributed by atoms with E-state index in [9.17, 15) is 14.4 Å². The van der Waals surface area contributed by atoms with Gasteiger partial charge in [-0.15, -0.1) is 12.6 Å². The number of carbonyl (C=O) groups is 1. The average molecular weight is 308 g/mol. The molecule has 2 aromatic rings. The Morgan fingerprint density at radius 3 is 2.62 bits per heavy atom. The zero-order valence-electron chi connectivity index (χ0n) is 10.3. The van der Waals surface area contributed by atoms with Gasteiger partial charge in [-0.1, -0.05) is 0 Å². The van der Waals surface area contributed by atoms with Crippen LogP contribution in [0.25, 0.3) is 5.69 Å². The fourth-order valence-corrected chi connectivity index (χ4v) is 2.23. The van der Waals surface area contributed by atoms with E-state index in [0.717, 1.165) is 6.20 Å². The maximum absolute atomic E-state index is 12.1. The van der Waals surface area contributed by atoms with Crippen LogP contribution in [0.5, 0.6) is 11.5 Å². The summed E-state index contributed by atoms with van der Waals surface area (Å²) in [5.74, 6) is -0.663. The number of benzene rings is 1. The van der Waals surface area contributed by atoms with E-state index in [1.165, 1.54) is 12.1 Å². The van der Waals surface area contributed by atoms with Crippen LogP contribution in [-0.2, 0) is 0 Å². The topological polar surface area (TPSA) is 111 Å². The van der Waals surface area contributed by atoms with Crippen molar-refractivity contribution in [2.45, 2.75) is 4.90 Å². The lowest BCUT2D eigenvalue weighted by atomic mass is 10.2. The summed E-state index contributed by atoms with van der Waals surface area (Å²) in [5.41, 5.74) is -2.18. The first-order valence-electron chi connectivity index (χ1n) is 5.70. The van der Waals surface area contributed by atoms with Crippen LogP contribution < -0.4 is 20.7 Å². The number of nitrogens with zero attached hydrogens (tertiary/aromatic N) is 1. The molecule has 2 heterocycles. The molecule has 3 rings (SSSR count). The number of ether oxygens (including phenoxy) is 2. The molecule has 0 unspecified atom stereocenters. The average Bonchev–Trinajstić information content (AvgIpc) is 2.85. The van der Waals surface area contributed by atoms with E-state index in [0.29, 0.717) is 16.1 Å². The summed E-state index contributed by atoms with van der Waals surface area (Å²) in [4.78, 5) is 37.5. The third kappa shape index (κ3) is 2.07. The molecule has 0 aliphatic carbocycles. The van der Waals surface area contributed by atoms with Crippen molar-refractivity contribution >= 4 is 18.6 Å². The summed E-state index contributed by atoms with van der Waals surface area (Å²) in [6.07, 6.45) is 0.856. The number of H-pyrrole nitrogens is 1. The third-order valence-corrected chi connectivity index (χ3v) is 3.28. The number of fused-ring (bicyclic) bond motifs is 1. The highest BCUT2D eigenvalue weighted by Crippen LogP contribution is 2.36. The summed E-state index contributed by atoms with van der Waals surface area (Å²) in [6.45, 7) is 0.0203. The number of rotatable bonds is 2. The Morgan fingerprint density at radius 1 is 1.29 bits per heavy atom. The van der Waals surface area contributed by atoms with Gasteiger partial charge in [-0.05, 0) is 6.07 Å². The molecule has 1 aliphatic rings. The highest BCUT2D eigenvalue weighted by atomic mass is 32.1. The molecule has 0 atom stereocenters. The van der Waals surface area contributed by atoms with Crippen LogP contribution in [0, 0.1) is 0 Å². The quantitative estimate of drug-likeness (QED) is 0.686. The maximum Gasteiger partial charge on any atom is 0.342 e. The van der Waals surface area contributed by atoms with Crippen molar-refractivity contribution in [3.63, 3.8) is 0 Å². The molecule has 1 aromatic heterocycles. The molecular formula is C12H8N2O6S. The fourth-order valence-electron chi connectivity index (χ4n) is 1.94. The van der Waals surface area contributed by atoms with E-state index in [-0.39, 0.29) is 17.4 Å². The van der Waals surface area contributed by atoms with Gasteiger partial charge in [-0.25, -0.2) is 14.2 Å². The Labute approximate surface area is 122 Å². The molecule has 9 heteroatoms. The van der Waals surface area contributed by atoms with Gasteiger partial charge in [0.05, 0.1) is 5.69 Å². The number of carboxylic acid groups (broad SMARTS) is 1. The van der Waals surface area contributed by atoms with Gasteiger partial charge in [-0.3, -0.25) is 4.79 Å². The Balaban J connectivity index is 2.31. The smallest absolute Gasteiger partial charge is 0.342 e. The number of aromatic carboxylic acids is 1. The first-order valence-corrected chi connectivity index (χ1v) is 6.15. The second-order valence-corrected chi connectivity index (χ2v) is 4.63. The minimum Gasteiger partial charge on any atom is -0.477 e. The summed E-state index contributed by atoms with van der Waals surface area (Å²) < 4.78 is 11.0. The van der Waals surface area contributed by atoms with Gasteiger partial charge < -0.3 is 19.6 Å². The molecule has 0 fully saturated rings. The lowest BCUT2D eigenvalue weighted by Crippen LogP contribution is -2.37. The molecule has 0 amide bonds. The standard InChI is InChI=1S/C12H8N2O6S/c15-10-5(11(16)17)3-13-12(18)14(10)6-1-7-8(2-9(6)21)20-4-19-7/h1-3,21H,4H2,(H,13,18)(H,16,17). The second-order valence-electron chi connectivity index (χ2n) is 4.15. The molecule has 0 bridgehead atoms. The largest absolute Gasteiger partial charge is 0.477 e. The number of aromatic amines is 1. The number of nitrogens with one attached hydrogen (secondary N) is 1. The van der Waals surface area contributed by atoms with Crippen LogP contribution in [-0.4, -0.2) is 27.4 Å².